The van der Waals surface area contributed by atoms with E-state index in [1.54, 1.807) is 18.2 Å². The molecule has 0 aromatic heterocycles. The normalized spacial score (nSPS) is 10.1. The molecule has 0 saturated carbocycles. The average molecular weight is 518 g/mol. The lowest BCUT2D eigenvalue weighted by atomic mass is 10.0. The fraction of sp³-hybridized carbons (Fsp3) is 0.222. The first-order chi connectivity index (χ1) is 16.0. The first kappa shape index (κ1) is 27.6. The van der Waals surface area contributed by atoms with Crippen LogP contribution in [0.4, 0.5) is 5.69 Å². The smallest absolute Gasteiger partial charge is 0.300 e. The summed E-state index contributed by atoms with van der Waals surface area (Å²) >= 11 is 12.2. The van der Waals surface area contributed by atoms with Crippen molar-refractivity contribution in [1.29, 1.82) is 0 Å². The fourth-order valence-electron chi connectivity index (χ4n) is 3.20. The molecule has 3 aromatic carbocycles. The molecule has 1 amide bonds. The Morgan fingerprint density at radius 2 is 1.56 bits per heavy atom. The summed E-state index contributed by atoms with van der Waals surface area (Å²) in [6.45, 7) is 7.58. The predicted octanol–water partition coefficient (Wildman–Crippen LogP) is 6.79. The van der Waals surface area contributed by atoms with Crippen LogP contribution in [0.3, 0.4) is 0 Å². The Bertz CT molecular complexity index is 1130. The molecule has 178 valence electrons. The fourth-order valence-corrected chi connectivity index (χ4v) is 3.56. The molecule has 0 fully saturated rings. The lowest BCUT2D eigenvalue weighted by molar-refractivity contribution is -0.111. The molecule has 0 aliphatic rings. The molecule has 0 bridgehead atoms. The second-order valence-corrected chi connectivity index (χ2v) is 8.15. The van der Waals surface area contributed by atoms with E-state index in [1.807, 2.05) is 48.5 Å². The van der Waals surface area contributed by atoms with Crippen LogP contribution in [-0.4, -0.2) is 37.0 Å². The van der Waals surface area contributed by atoms with Gasteiger partial charge in [-0.25, -0.2) is 0 Å². The number of amides is 1. The van der Waals surface area contributed by atoms with Crippen LogP contribution < -0.4 is 10.1 Å². The van der Waals surface area contributed by atoms with Crippen molar-refractivity contribution >= 4 is 47.2 Å². The lowest BCUT2D eigenvalue weighted by Gasteiger charge is -2.18. The molecule has 0 radical (unpaired) electrons. The SMILES string of the molecule is CCN(CC)CCOc1ccc(NC(=O)C#Cc2ccc(-c3ccc(Cl)cc3)cc2)cc1Cl.Cl. The number of anilines is 1. The zero-order valence-corrected chi connectivity index (χ0v) is 21.4. The highest BCUT2D eigenvalue weighted by molar-refractivity contribution is 6.32. The van der Waals surface area contributed by atoms with Gasteiger partial charge in [-0.1, -0.05) is 67.2 Å². The number of ether oxygens (including phenoxy) is 1. The highest BCUT2D eigenvalue weighted by Gasteiger charge is 2.06. The van der Waals surface area contributed by atoms with Crippen molar-refractivity contribution < 1.29 is 9.53 Å². The van der Waals surface area contributed by atoms with Gasteiger partial charge in [-0.15, -0.1) is 12.4 Å². The van der Waals surface area contributed by atoms with E-state index in [0.29, 0.717) is 28.1 Å². The van der Waals surface area contributed by atoms with Crippen molar-refractivity contribution in [3.05, 3.63) is 82.3 Å². The Hall–Kier alpha value is -2.68. The maximum absolute atomic E-state index is 12.2. The van der Waals surface area contributed by atoms with Crippen LogP contribution in [0.1, 0.15) is 19.4 Å². The van der Waals surface area contributed by atoms with Crippen LogP contribution in [0.2, 0.25) is 10.0 Å². The van der Waals surface area contributed by atoms with Crippen molar-refractivity contribution in [3.63, 3.8) is 0 Å². The van der Waals surface area contributed by atoms with Gasteiger partial charge in [0.25, 0.3) is 0 Å². The van der Waals surface area contributed by atoms with Crippen LogP contribution in [0.5, 0.6) is 5.75 Å². The monoisotopic (exact) mass is 516 g/mol. The average Bonchev–Trinajstić information content (AvgIpc) is 2.83. The highest BCUT2D eigenvalue weighted by atomic mass is 35.5. The summed E-state index contributed by atoms with van der Waals surface area (Å²) in [6, 6.07) is 20.5. The van der Waals surface area contributed by atoms with E-state index in [2.05, 4.69) is 35.9 Å². The zero-order chi connectivity index (χ0) is 23.6. The number of hydrogen-bond acceptors (Lipinski definition) is 3. The Morgan fingerprint density at radius 3 is 2.15 bits per heavy atom. The van der Waals surface area contributed by atoms with Crippen molar-refractivity contribution in [2.24, 2.45) is 0 Å². The van der Waals surface area contributed by atoms with Gasteiger partial charge in [-0.2, -0.15) is 0 Å². The molecular weight excluding hydrogens is 491 g/mol. The van der Waals surface area contributed by atoms with Gasteiger partial charge in [0, 0.05) is 28.7 Å². The largest absolute Gasteiger partial charge is 0.491 e. The second-order valence-electron chi connectivity index (χ2n) is 7.31. The molecule has 0 saturated heterocycles. The van der Waals surface area contributed by atoms with Crippen molar-refractivity contribution in [2.45, 2.75) is 13.8 Å². The number of nitrogens with zero attached hydrogens (tertiary/aromatic N) is 1. The lowest BCUT2D eigenvalue weighted by Crippen LogP contribution is -2.27. The first-order valence-corrected chi connectivity index (χ1v) is 11.6. The molecule has 7 heteroatoms. The van der Waals surface area contributed by atoms with Crippen LogP contribution in [-0.2, 0) is 4.79 Å². The van der Waals surface area contributed by atoms with E-state index in [-0.39, 0.29) is 12.4 Å². The van der Waals surface area contributed by atoms with E-state index >= 15 is 0 Å². The molecule has 34 heavy (non-hydrogen) atoms. The van der Waals surface area contributed by atoms with Crippen molar-refractivity contribution in [2.75, 3.05) is 31.6 Å². The number of benzene rings is 3. The standard InChI is InChI=1S/C27H26Cl2N2O2.ClH/c1-3-31(4-2)17-18-33-26-15-14-24(19-25(26)29)30-27(32)16-7-20-5-8-21(9-6-20)22-10-12-23(28)13-11-22;/h5-6,8-15,19H,3-4,17-18H2,1-2H3,(H,30,32);1H. The minimum atomic E-state index is -0.414. The van der Waals surface area contributed by atoms with Gasteiger partial charge in [-0.05, 0) is 66.7 Å². The first-order valence-electron chi connectivity index (χ1n) is 10.8. The molecule has 0 spiro atoms. The van der Waals surface area contributed by atoms with Gasteiger partial charge < -0.3 is 15.0 Å². The van der Waals surface area contributed by atoms with Gasteiger partial charge in [0.1, 0.15) is 12.4 Å². The third kappa shape index (κ3) is 8.27. The summed E-state index contributed by atoms with van der Waals surface area (Å²) in [7, 11) is 0. The number of likely N-dealkylation sites (N-methyl/N-ethyl adjacent to an activating group) is 1. The molecule has 0 heterocycles. The number of hydrogen-bond donors (Lipinski definition) is 1. The molecule has 4 nitrogen and oxygen atoms in total. The van der Waals surface area contributed by atoms with Gasteiger partial charge >= 0.3 is 5.91 Å². The highest BCUT2D eigenvalue weighted by Crippen LogP contribution is 2.27. The molecule has 3 rings (SSSR count). The summed E-state index contributed by atoms with van der Waals surface area (Å²) in [4.78, 5) is 14.5. The number of rotatable bonds is 8. The van der Waals surface area contributed by atoms with E-state index in [1.165, 1.54) is 0 Å². The number of carbonyl (C=O) groups excluding carboxylic acids is 1. The maximum Gasteiger partial charge on any atom is 0.300 e. The van der Waals surface area contributed by atoms with Crippen LogP contribution in [0.25, 0.3) is 11.1 Å². The Morgan fingerprint density at radius 1 is 0.941 bits per heavy atom. The van der Waals surface area contributed by atoms with Crippen LogP contribution in [0, 0.1) is 11.8 Å². The van der Waals surface area contributed by atoms with E-state index in [4.69, 9.17) is 27.9 Å². The summed E-state index contributed by atoms with van der Waals surface area (Å²) in [5, 5.41) is 3.88. The quantitative estimate of drug-likeness (QED) is 0.334. The summed E-state index contributed by atoms with van der Waals surface area (Å²) in [5.41, 5.74) is 3.43. The molecule has 1 N–H and O–H groups in total. The number of nitrogens with one attached hydrogen (secondary N) is 1. The molecule has 0 aliphatic carbocycles. The van der Waals surface area contributed by atoms with E-state index in [9.17, 15) is 4.79 Å². The van der Waals surface area contributed by atoms with Crippen LogP contribution >= 0.6 is 35.6 Å². The summed E-state index contributed by atoms with van der Waals surface area (Å²) in [5.74, 6) is 5.67. The van der Waals surface area contributed by atoms with Crippen LogP contribution in [0.15, 0.2) is 66.7 Å². The van der Waals surface area contributed by atoms with Gasteiger partial charge in [0.2, 0.25) is 0 Å². The molecule has 0 unspecified atom stereocenters. The van der Waals surface area contributed by atoms with E-state index < -0.39 is 5.91 Å². The minimum Gasteiger partial charge on any atom is -0.491 e. The number of halogens is 3. The maximum atomic E-state index is 12.2. The zero-order valence-electron chi connectivity index (χ0n) is 19.1. The molecular formula is C27H27Cl3N2O2. The van der Waals surface area contributed by atoms with Gasteiger partial charge in [0.05, 0.1) is 5.02 Å². The third-order valence-corrected chi connectivity index (χ3v) is 5.68. The van der Waals surface area contributed by atoms with Crippen molar-refractivity contribution in [3.8, 4) is 28.7 Å². The predicted molar refractivity (Wildman–Crippen MR) is 144 cm³/mol. The minimum absolute atomic E-state index is 0. The summed E-state index contributed by atoms with van der Waals surface area (Å²) < 4.78 is 5.76. The molecule has 0 atom stereocenters. The summed E-state index contributed by atoms with van der Waals surface area (Å²) in [6.07, 6.45) is 0. The Labute approximate surface area is 217 Å². The Balaban J connectivity index is 0.00000408. The van der Waals surface area contributed by atoms with Gasteiger partial charge in [0.15, 0.2) is 0 Å². The second kappa shape index (κ2) is 13.9. The van der Waals surface area contributed by atoms with Gasteiger partial charge in [-0.3, -0.25) is 4.79 Å². The number of carbonyl (C=O) groups is 1. The molecule has 0 aliphatic heterocycles. The van der Waals surface area contributed by atoms with E-state index in [0.717, 1.165) is 36.3 Å². The topological polar surface area (TPSA) is 41.6 Å². The van der Waals surface area contributed by atoms with Crippen molar-refractivity contribution in [1.82, 2.24) is 4.90 Å². The molecule has 3 aromatic rings. The third-order valence-electron chi connectivity index (χ3n) is 5.13. The Kier molecular flexibility index (Phi) is 11.3.